The molecule has 0 aromatic carbocycles. The summed E-state index contributed by atoms with van der Waals surface area (Å²) in [5, 5.41) is 2.88. The van der Waals surface area contributed by atoms with Crippen LogP contribution in [0.5, 0.6) is 0 Å². The molecule has 1 aliphatic rings. The summed E-state index contributed by atoms with van der Waals surface area (Å²) in [6.07, 6.45) is 2.74. The van der Waals surface area contributed by atoms with Gasteiger partial charge in [0.2, 0.25) is 5.91 Å². The van der Waals surface area contributed by atoms with E-state index in [1.54, 1.807) is 26.2 Å². The van der Waals surface area contributed by atoms with Crippen molar-refractivity contribution in [1.82, 2.24) is 15.1 Å². The summed E-state index contributed by atoms with van der Waals surface area (Å²) in [7, 11) is 3.35. The van der Waals surface area contributed by atoms with Crippen molar-refractivity contribution < 1.29 is 14.0 Å². The minimum Gasteiger partial charge on any atom is -0.454 e. The molecule has 1 aromatic rings. The van der Waals surface area contributed by atoms with E-state index in [0.717, 1.165) is 32.5 Å². The predicted octanol–water partition coefficient (Wildman–Crippen LogP) is 1.72. The zero-order valence-electron chi connectivity index (χ0n) is 14.3. The molecule has 1 aromatic heterocycles. The highest BCUT2D eigenvalue weighted by Gasteiger charge is 2.20. The highest BCUT2D eigenvalue weighted by Crippen LogP contribution is 2.20. The third-order valence-electron chi connectivity index (χ3n) is 4.37. The Morgan fingerprint density at radius 3 is 2.61 bits per heavy atom. The number of hydrogen-bond acceptors (Lipinski definition) is 4. The summed E-state index contributed by atoms with van der Waals surface area (Å²) in [5.74, 6) is 1.25. The van der Waals surface area contributed by atoms with Gasteiger partial charge in [0.15, 0.2) is 5.76 Å². The summed E-state index contributed by atoms with van der Waals surface area (Å²) in [6.45, 7) is 5.76. The van der Waals surface area contributed by atoms with Crippen molar-refractivity contribution in [2.24, 2.45) is 5.92 Å². The van der Waals surface area contributed by atoms with Gasteiger partial charge in [-0.1, -0.05) is 6.92 Å². The van der Waals surface area contributed by atoms with Crippen LogP contribution in [0, 0.1) is 5.92 Å². The molecule has 0 atom stereocenters. The minimum atomic E-state index is -0.176. The monoisotopic (exact) mass is 321 g/mol. The summed E-state index contributed by atoms with van der Waals surface area (Å²) >= 11 is 0. The number of piperidine rings is 1. The van der Waals surface area contributed by atoms with Crippen LogP contribution in [0.3, 0.4) is 0 Å². The van der Waals surface area contributed by atoms with Crippen LogP contribution in [0.15, 0.2) is 16.5 Å². The quantitative estimate of drug-likeness (QED) is 0.866. The van der Waals surface area contributed by atoms with E-state index in [1.807, 2.05) is 0 Å². The summed E-state index contributed by atoms with van der Waals surface area (Å²) < 4.78 is 5.46. The molecule has 6 heteroatoms. The van der Waals surface area contributed by atoms with Crippen molar-refractivity contribution in [3.63, 3.8) is 0 Å². The average molecular weight is 321 g/mol. The fourth-order valence-corrected chi connectivity index (χ4v) is 2.84. The molecule has 2 heterocycles. The predicted molar refractivity (Wildman–Crippen MR) is 88.0 cm³/mol. The number of carbonyl (C=O) groups excluding carboxylic acids is 2. The van der Waals surface area contributed by atoms with Gasteiger partial charge in [-0.05, 0) is 50.5 Å². The lowest BCUT2D eigenvalue weighted by molar-refractivity contribution is -0.122. The van der Waals surface area contributed by atoms with Crippen molar-refractivity contribution in [1.29, 1.82) is 0 Å². The molecule has 2 rings (SSSR count). The van der Waals surface area contributed by atoms with Gasteiger partial charge in [0, 0.05) is 20.5 Å². The van der Waals surface area contributed by atoms with E-state index >= 15 is 0 Å². The minimum absolute atomic E-state index is 0.0526. The summed E-state index contributed by atoms with van der Waals surface area (Å²) in [6, 6.07) is 3.38. The molecule has 1 saturated heterocycles. The standard InChI is InChI=1S/C17H27N3O3/c1-4-20-9-7-13(8-10-20)11-16(21)18-12-14-5-6-15(23-14)17(22)19(2)3/h5-6,13H,4,7-12H2,1-3H3,(H,18,21). The first-order valence-electron chi connectivity index (χ1n) is 8.29. The first kappa shape index (κ1) is 17.5. The van der Waals surface area contributed by atoms with Crippen molar-refractivity contribution in [3.8, 4) is 0 Å². The molecular formula is C17H27N3O3. The van der Waals surface area contributed by atoms with Crippen LogP contribution in [0.2, 0.25) is 0 Å². The van der Waals surface area contributed by atoms with Gasteiger partial charge in [-0.2, -0.15) is 0 Å². The van der Waals surface area contributed by atoms with Crippen molar-refractivity contribution in [2.75, 3.05) is 33.7 Å². The van der Waals surface area contributed by atoms with Gasteiger partial charge in [0.05, 0.1) is 6.54 Å². The number of furan rings is 1. The van der Waals surface area contributed by atoms with Gasteiger partial charge in [0.25, 0.3) is 5.91 Å². The van der Waals surface area contributed by atoms with E-state index < -0.39 is 0 Å². The number of carbonyl (C=O) groups is 2. The largest absolute Gasteiger partial charge is 0.454 e. The Bertz CT molecular complexity index is 531. The number of hydrogen-bond donors (Lipinski definition) is 1. The van der Waals surface area contributed by atoms with Crippen LogP contribution in [0.1, 0.15) is 42.5 Å². The van der Waals surface area contributed by atoms with Gasteiger partial charge >= 0.3 is 0 Å². The number of nitrogens with zero attached hydrogens (tertiary/aromatic N) is 2. The first-order valence-corrected chi connectivity index (χ1v) is 8.29. The smallest absolute Gasteiger partial charge is 0.289 e. The van der Waals surface area contributed by atoms with Crippen LogP contribution in [0.4, 0.5) is 0 Å². The Morgan fingerprint density at radius 1 is 1.30 bits per heavy atom. The molecule has 1 fully saturated rings. The van der Waals surface area contributed by atoms with E-state index in [4.69, 9.17) is 4.42 Å². The van der Waals surface area contributed by atoms with E-state index in [9.17, 15) is 9.59 Å². The molecule has 0 spiro atoms. The molecule has 6 nitrogen and oxygen atoms in total. The molecule has 0 bridgehead atoms. The topological polar surface area (TPSA) is 65.8 Å². The van der Waals surface area contributed by atoms with Crippen molar-refractivity contribution in [3.05, 3.63) is 23.7 Å². The number of amides is 2. The van der Waals surface area contributed by atoms with Gasteiger partial charge in [-0.15, -0.1) is 0 Å². The molecule has 0 radical (unpaired) electrons. The normalized spacial score (nSPS) is 16.3. The lowest BCUT2D eigenvalue weighted by atomic mass is 9.93. The van der Waals surface area contributed by atoms with E-state index in [-0.39, 0.29) is 11.8 Å². The average Bonchev–Trinajstić information content (AvgIpc) is 3.01. The maximum Gasteiger partial charge on any atom is 0.289 e. The Hall–Kier alpha value is -1.82. The number of rotatable bonds is 6. The lowest BCUT2D eigenvalue weighted by Crippen LogP contribution is -2.35. The van der Waals surface area contributed by atoms with Crippen molar-refractivity contribution in [2.45, 2.75) is 32.7 Å². The van der Waals surface area contributed by atoms with Crippen LogP contribution >= 0.6 is 0 Å². The Morgan fingerprint density at radius 2 is 2.00 bits per heavy atom. The molecule has 0 unspecified atom stereocenters. The summed E-state index contributed by atoms with van der Waals surface area (Å²) in [5.41, 5.74) is 0. The van der Waals surface area contributed by atoms with Crippen LogP contribution in [0.25, 0.3) is 0 Å². The van der Waals surface area contributed by atoms with Gasteiger partial charge in [-0.3, -0.25) is 9.59 Å². The zero-order valence-corrected chi connectivity index (χ0v) is 14.3. The zero-order chi connectivity index (χ0) is 16.8. The Kier molecular flexibility index (Phi) is 6.21. The van der Waals surface area contributed by atoms with E-state index in [0.29, 0.717) is 30.4 Å². The molecule has 128 valence electrons. The molecule has 1 N–H and O–H groups in total. The van der Waals surface area contributed by atoms with E-state index in [2.05, 4.69) is 17.1 Å². The van der Waals surface area contributed by atoms with Crippen molar-refractivity contribution >= 4 is 11.8 Å². The third kappa shape index (κ3) is 5.10. The third-order valence-corrected chi connectivity index (χ3v) is 4.37. The van der Waals surface area contributed by atoms with Crippen LogP contribution in [-0.2, 0) is 11.3 Å². The fraction of sp³-hybridized carbons (Fsp3) is 0.647. The lowest BCUT2D eigenvalue weighted by Gasteiger charge is -2.30. The fourth-order valence-electron chi connectivity index (χ4n) is 2.84. The van der Waals surface area contributed by atoms with Gasteiger partial charge in [0.1, 0.15) is 5.76 Å². The second-order valence-electron chi connectivity index (χ2n) is 6.32. The SMILES string of the molecule is CCN1CCC(CC(=O)NCc2ccc(C(=O)N(C)C)o2)CC1. The Balaban J connectivity index is 1.73. The van der Waals surface area contributed by atoms with E-state index in [1.165, 1.54) is 4.90 Å². The molecule has 1 aliphatic heterocycles. The molecule has 23 heavy (non-hydrogen) atoms. The first-order chi connectivity index (χ1) is 11.0. The number of likely N-dealkylation sites (tertiary alicyclic amines) is 1. The van der Waals surface area contributed by atoms with Gasteiger partial charge in [-0.25, -0.2) is 0 Å². The molecule has 0 aliphatic carbocycles. The highest BCUT2D eigenvalue weighted by atomic mass is 16.4. The molecule has 2 amide bonds. The van der Waals surface area contributed by atoms with Gasteiger partial charge < -0.3 is 19.5 Å². The maximum absolute atomic E-state index is 12.0. The molecule has 0 saturated carbocycles. The van der Waals surface area contributed by atoms with Crippen LogP contribution in [-0.4, -0.2) is 55.3 Å². The number of nitrogens with one attached hydrogen (secondary N) is 1. The van der Waals surface area contributed by atoms with Crippen LogP contribution < -0.4 is 5.32 Å². The second-order valence-corrected chi connectivity index (χ2v) is 6.32. The second kappa shape index (κ2) is 8.15. The maximum atomic E-state index is 12.0. The Labute approximate surface area is 137 Å². The highest BCUT2D eigenvalue weighted by molar-refractivity contribution is 5.91. The summed E-state index contributed by atoms with van der Waals surface area (Å²) in [4.78, 5) is 27.7. The molecular weight excluding hydrogens is 294 g/mol.